The van der Waals surface area contributed by atoms with E-state index in [-0.39, 0.29) is 30.6 Å². The second-order valence-electron chi connectivity index (χ2n) is 4.48. The number of carboxylic acid groups (broad SMARTS) is 1. The summed E-state index contributed by atoms with van der Waals surface area (Å²) in [6.45, 7) is 3.65. The van der Waals surface area contributed by atoms with Gasteiger partial charge in [0.15, 0.2) is 0 Å². The van der Waals surface area contributed by atoms with Gasteiger partial charge >= 0.3 is 12.0 Å². The van der Waals surface area contributed by atoms with Crippen LogP contribution in [-0.4, -0.2) is 53.2 Å². The fraction of sp³-hybridized carbons (Fsp3) is 0.800. The summed E-state index contributed by atoms with van der Waals surface area (Å²) >= 11 is 0. The molecule has 2 aliphatic heterocycles. The Morgan fingerprint density at radius 3 is 2.94 bits per heavy atom. The van der Waals surface area contributed by atoms with Crippen molar-refractivity contribution < 1.29 is 14.7 Å². The molecule has 2 aliphatic rings. The van der Waals surface area contributed by atoms with Crippen molar-refractivity contribution in [1.82, 2.24) is 15.5 Å². The monoisotopic (exact) mass is 227 g/mol. The van der Waals surface area contributed by atoms with Gasteiger partial charge in [0.1, 0.15) is 0 Å². The Balaban J connectivity index is 1.81. The lowest BCUT2D eigenvalue weighted by Gasteiger charge is -2.23. The van der Waals surface area contributed by atoms with Crippen LogP contribution in [-0.2, 0) is 4.79 Å². The third-order valence-electron chi connectivity index (χ3n) is 3.41. The van der Waals surface area contributed by atoms with Gasteiger partial charge in [-0.1, -0.05) is 0 Å². The van der Waals surface area contributed by atoms with Crippen LogP contribution in [0.4, 0.5) is 4.79 Å². The van der Waals surface area contributed by atoms with Gasteiger partial charge in [-0.3, -0.25) is 9.69 Å². The van der Waals surface area contributed by atoms with E-state index < -0.39 is 5.97 Å². The number of hydrogen-bond donors (Lipinski definition) is 3. The molecule has 2 rings (SSSR count). The van der Waals surface area contributed by atoms with Crippen molar-refractivity contribution in [2.75, 3.05) is 13.1 Å². The van der Waals surface area contributed by atoms with E-state index in [9.17, 15) is 9.59 Å². The Labute approximate surface area is 94.0 Å². The van der Waals surface area contributed by atoms with Crippen LogP contribution in [0.15, 0.2) is 0 Å². The lowest BCUT2D eigenvalue weighted by molar-refractivity contribution is -0.137. The van der Waals surface area contributed by atoms with Crippen LogP contribution >= 0.6 is 0 Å². The second kappa shape index (κ2) is 4.29. The number of aliphatic carboxylic acids is 1. The lowest BCUT2D eigenvalue weighted by Crippen LogP contribution is -2.41. The number of carbonyl (C=O) groups is 2. The number of rotatable bonds is 4. The predicted molar refractivity (Wildman–Crippen MR) is 57.1 cm³/mol. The number of amides is 2. The minimum Gasteiger partial charge on any atom is -0.481 e. The van der Waals surface area contributed by atoms with Gasteiger partial charge in [-0.2, -0.15) is 0 Å². The van der Waals surface area contributed by atoms with Crippen LogP contribution in [0, 0.1) is 0 Å². The molecule has 0 spiro atoms. The van der Waals surface area contributed by atoms with Gasteiger partial charge in [0, 0.05) is 19.0 Å². The molecule has 2 amide bonds. The Bertz CT molecular complexity index is 308. The second-order valence-corrected chi connectivity index (χ2v) is 4.48. The molecule has 0 saturated carbocycles. The predicted octanol–water partition coefficient (Wildman–Crippen LogP) is -0.395. The lowest BCUT2D eigenvalue weighted by atomic mass is 10.1. The van der Waals surface area contributed by atoms with E-state index in [0.29, 0.717) is 6.42 Å². The normalized spacial score (nSPS) is 33.3. The third-order valence-corrected chi connectivity index (χ3v) is 3.41. The molecule has 90 valence electrons. The SMILES string of the molecule is C[C@@H]1[C@@H]2NC(=O)N[C@@H]2CN1CCCC(=O)O. The summed E-state index contributed by atoms with van der Waals surface area (Å²) in [7, 11) is 0. The van der Waals surface area contributed by atoms with E-state index in [1.807, 2.05) is 0 Å². The molecule has 0 aromatic heterocycles. The van der Waals surface area contributed by atoms with Crippen LogP contribution in [0.25, 0.3) is 0 Å². The van der Waals surface area contributed by atoms with E-state index in [1.165, 1.54) is 0 Å². The first kappa shape index (κ1) is 11.2. The molecule has 0 unspecified atom stereocenters. The largest absolute Gasteiger partial charge is 0.481 e. The Morgan fingerprint density at radius 2 is 2.31 bits per heavy atom. The van der Waals surface area contributed by atoms with Crippen molar-refractivity contribution in [3.05, 3.63) is 0 Å². The Morgan fingerprint density at radius 1 is 1.56 bits per heavy atom. The van der Waals surface area contributed by atoms with Crippen molar-refractivity contribution in [3.63, 3.8) is 0 Å². The highest BCUT2D eigenvalue weighted by atomic mass is 16.4. The van der Waals surface area contributed by atoms with E-state index in [0.717, 1.165) is 13.1 Å². The molecule has 6 nitrogen and oxygen atoms in total. The first-order valence-electron chi connectivity index (χ1n) is 5.61. The average Bonchev–Trinajstić information content (AvgIpc) is 2.67. The van der Waals surface area contributed by atoms with E-state index >= 15 is 0 Å². The summed E-state index contributed by atoms with van der Waals surface area (Å²) in [6, 6.07) is 0.523. The summed E-state index contributed by atoms with van der Waals surface area (Å²) < 4.78 is 0. The summed E-state index contributed by atoms with van der Waals surface area (Å²) in [4.78, 5) is 23.7. The molecule has 0 aromatic carbocycles. The highest BCUT2D eigenvalue weighted by molar-refractivity contribution is 5.77. The number of likely N-dealkylation sites (tertiary alicyclic amines) is 1. The molecule has 0 radical (unpaired) electrons. The number of hydrogen-bond acceptors (Lipinski definition) is 3. The van der Waals surface area contributed by atoms with E-state index in [4.69, 9.17) is 5.11 Å². The Kier molecular flexibility index (Phi) is 3.00. The van der Waals surface area contributed by atoms with Crippen LogP contribution in [0.2, 0.25) is 0 Å². The van der Waals surface area contributed by atoms with Crippen LogP contribution in [0.5, 0.6) is 0 Å². The fourth-order valence-electron chi connectivity index (χ4n) is 2.54. The van der Waals surface area contributed by atoms with Gasteiger partial charge in [-0.05, 0) is 19.9 Å². The molecule has 16 heavy (non-hydrogen) atoms. The minimum absolute atomic E-state index is 0.0907. The maximum atomic E-state index is 11.1. The number of carboxylic acids is 1. The third kappa shape index (κ3) is 2.11. The van der Waals surface area contributed by atoms with Gasteiger partial charge in [0.2, 0.25) is 0 Å². The van der Waals surface area contributed by atoms with Gasteiger partial charge in [-0.15, -0.1) is 0 Å². The zero-order chi connectivity index (χ0) is 11.7. The van der Waals surface area contributed by atoms with Gasteiger partial charge < -0.3 is 15.7 Å². The molecule has 0 aromatic rings. The molecule has 0 bridgehead atoms. The molecular formula is C10H17N3O3. The van der Waals surface area contributed by atoms with E-state index in [1.54, 1.807) is 0 Å². The summed E-state index contributed by atoms with van der Waals surface area (Å²) in [5.41, 5.74) is 0. The molecule has 2 heterocycles. The maximum absolute atomic E-state index is 11.1. The minimum atomic E-state index is -0.751. The van der Waals surface area contributed by atoms with E-state index in [2.05, 4.69) is 22.5 Å². The Hall–Kier alpha value is -1.30. The molecule has 2 fully saturated rings. The topological polar surface area (TPSA) is 81.7 Å². The molecule has 6 heteroatoms. The van der Waals surface area contributed by atoms with Crippen molar-refractivity contribution in [2.45, 2.75) is 37.9 Å². The zero-order valence-corrected chi connectivity index (χ0v) is 9.27. The molecule has 3 N–H and O–H groups in total. The zero-order valence-electron chi connectivity index (χ0n) is 9.27. The maximum Gasteiger partial charge on any atom is 0.315 e. The highest BCUT2D eigenvalue weighted by Crippen LogP contribution is 2.21. The summed E-state index contributed by atoms with van der Waals surface area (Å²) in [5, 5.41) is 14.3. The number of fused-ring (bicyclic) bond motifs is 1. The smallest absolute Gasteiger partial charge is 0.315 e. The molecular weight excluding hydrogens is 210 g/mol. The van der Waals surface area contributed by atoms with Crippen molar-refractivity contribution in [1.29, 1.82) is 0 Å². The molecule has 2 saturated heterocycles. The van der Waals surface area contributed by atoms with Crippen LogP contribution < -0.4 is 10.6 Å². The fourth-order valence-corrected chi connectivity index (χ4v) is 2.54. The van der Waals surface area contributed by atoms with Gasteiger partial charge in [0.05, 0.1) is 12.1 Å². The first-order valence-corrected chi connectivity index (χ1v) is 5.61. The van der Waals surface area contributed by atoms with Crippen molar-refractivity contribution in [2.24, 2.45) is 0 Å². The standard InChI is InChI=1S/C10H17N3O3/c1-6-9-7(11-10(16)12-9)5-13(6)4-2-3-8(14)15/h6-7,9H,2-5H2,1H3,(H,14,15)(H2,11,12,16)/t6-,7-,9+/m1/s1. The number of carbonyl (C=O) groups excluding carboxylic acids is 1. The van der Waals surface area contributed by atoms with Gasteiger partial charge in [0.25, 0.3) is 0 Å². The number of urea groups is 1. The molecule has 0 aliphatic carbocycles. The van der Waals surface area contributed by atoms with Crippen molar-refractivity contribution in [3.8, 4) is 0 Å². The van der Waals surface area contributed by atoms with Crippen LogP contribution in [0.3, 0.4) is 0 Å². The summed E-state index contributed by atoms with van der Waals surface area (Å²) in [6.07, 6.45) is 0.866. The van der Waals surface area contributed by atoms with Crippen LogP contribution in [0.1, 0.15) is 19.8 Å². The first-order chi connectivity index (χ1) is 7.58. The number of nitrogens with one attached hydrogen (secondary N) is 2. The number of nitrogens with zero attached hydrogens (tertiary/aromatic N) is 1. The van der Waals surface area contributed by atoms with Gasteiger partial charge in [-0.25, -0.2) is 4.79 Å². The summed E-state index contributed by atoms with van der Waals surface area (Å²) in [5.74, 6) is -0.751. The average molecular weight is 227 g/mol. The van der Waals surface area contributed by atoms with Crippen molar-refractivity contribution >= 4 is 12.0 Å². The molecule has 3 atom stereocenters. The highest BCUT2D eigenvalue weighted by Gasteiger charge is 2.44. The quantitative estimate of drug-likeness (QED) is 0.610.